The molecule has 1 aliphatic rings. The Morgan fingerprint density at radius 1 is 1.29 bits per heavy atom. The van der Waals surface area contributed by atoms with Crippen LogP contribution in [0.4, 0.5) is 13.2 Å². The number of ether oxygens (including phenoxy) is 1. The van der Waals surface area contributed by atoms with Crippen LogP contribution in [0.15, 0.2) is 30.3 Å². The van der Waals surface area contributed by atoms with Crippen molar-refractivity contribution in [1.82, 2.24) is 10.2 Å². The number of benzene rings is 1. The molecular formula is C15H21F3N2O. The van der Waals surface area contributed by atoms with Gasteiger partial charge in [0, 0.05) is 31.7 Å². The molecule has 1 aromatic carbocycles. The van der Waals surface area contributed by atoms with Crippen molar-refractivity contribution in [3.05, 3.63) is 35.9 Å². The predicted octanol–water partition coefficient (Wildman–Crippen LogP) is 2.43. The van der Waals surface area contributed by atoms with Crippen LogP contribution in [0.5, 0.6) is 0 Å². The van der Waals surface area contributed by atoms with Crippen LogP contribution in [0.25, 0.3) is 0 Å². The van der Waals surface area contributed by atoms with Crippen LogP contribution < -0.4 is 5.32 Å². The van der Waals surface area contributed by atoms with Gasteiger partial charge in [0.2, 0.25) is 0 Å². The van der Waals surface area contributed by atoms with E-state index in [4.69, 9.17) is 0 Å². The molecule has 1 saturated heterocycles. The lowest BCUT2D eigenvalue weighted by atomic mass is 10.0. The Bertz CT molecular complexity index is 425. The summed E-state index contributed by atoms with van der Waals surface area (Å²) in [5.74, 6) is 0. The fourth-order valence-electron chi connectivity index (χ4n) is 2.62. The molecule has 0 aliphatic carbocycles. The third-order valence-corrected chi connectivity index (χ3v) is 3.75. The van der Waals surface area contributed by atoms with Gasteiger partial charge in [-0.3, -0.25) is 9.64 Å². The second-order valence-corrected chi connectivity index (χ2v) is 5.43. The van der Waals surface area contributed by atoms with Gasteiger partial charge in [0.15, 0.2) is 0 Å². The number of nitrogens with one attached hydrogen (secondary N) is 1. The van der Waals surface area contributed by atoms with Gasteiger partial charge in [0.25, 0.3) is 0 Å². The van der Waals surface area contributed by atoms with E-state index in [0.29, 0.717) is 6.54 Å². The maximum absolute atomic E-state index is 12.0. The molecule has 21 heavy (non-hydrogen) atoms. The molecule has 3 nitrogen and oxygen atoms in total. The van der Waals surface area contributed by atoms with Gasteiger partial charge in [-0.1, -0.05) is 30.3 Å². The van der Waals surface area contributed by atoms with E-state index in [-0.39, 0.29) is 18.7 Å². The molecule has 2 rings (SSSR count). The van der Waals surface area contributed by atoms with Crippen molar-refractivity contribution in [3.63, 3.8) is 0 Å². The van der Waals surface area contributed by atoms with Crippen LogP contribution in [-0.4, -0.2) is 49.6 Å². The first kappa shape index (κ1) is 16.3. The number of halogens is 3. The lowest BCUT2D eigenvalue weighted by molar-refractivity contribution is -0.325. The van der Waals surface area contributed by atoms with Crippen molar-refractivity contribution in [2.24, 2.45) is 0 Å². The lowest BCUT2D eigenvalue weighted by Crippen LogP contribution is -2.56. The molecular weight excluding hydrogens is 281 g/mol. The van der Waals surface area contributed by atoms with Gasteiger partial charge in [0.05, 0.1) is 6.61 Å². The highest BCUT2D eigenvalue weighted by Crippen LogP contribution is 2.17. The predicted molar refractivity (Wildman–Crippen MR) is 75.0 cm³/mol. The molecule has 0 aromatic heterocycles. The minimum Gasteiger partial charge on any atom is -0.311 e. The molecule has 2 unspecified atom stereocenters. The van der Waals surface area contributed by atoms with E-state index in [9.17, 15) is 13.2 Å². The SMILES string of the molecule is CC1CNC(Cc2ccccc2)CN1CCOC(F)(F)F. The van der Waals surface area contributed by atoms with E-state index in [1.807, 2.05) is 25.1 Å². The monoisotopic (exact) mass is 302 g/mol. The zero-order valence-corrected chi connectivity index (χ0v) is 12.1. The lowest BCUT2D eigenvalue weighted by Gasteiger charge is -2.38. The maximum Gasteiger partial charge on any atom is 0.522 e. The Morgan fingerprint density at radius 3 is 2.67 bits per heavy atom. The second kappa shape index (κ2) is 7.24. The average Bonchev–Trinajstić information content (AvgIpc) is 2.42. The molecule has 2 atom stereocenters. The molecule has 1 aliphatic heterocycles. The molecule has 0 radical (unpaired) electrons. The van der Waals surface area contributed by atoms with E-state index in [0.717, 1.165) is 19.5 Å². The van der Waals surface area contributed by atoms with Crippen LogP contribution >= 0.6 is 0 Å². The third kappa shape index (κ3) is 5.65. The van der Waals surface area contributed by atoms with Gasteiger partial charge >= 0.3 is 6.36 Å². The summed E-state index contributed by atoms with van der Waals surface area (Å²) in [6.45, 7) is 3.51. The van der Waals surface area contributed by atoms with Crippen LogP contribution in [0.2, 0.25) is 0 Å². The van der Waals surface area contributed by atoms with Gasteiger partial charge in [-0.25, -0.2) is 0 Å². The van der Waals surface area contributed by atoms with Crippen LogP contribution in [0.1, 0.15) is 12.5 Å². The number of hydrogen-bond donors (Lipinski definition) is 1. The minimum absolute atomic E-state index is 0.217. The topological polar surface area (TPSA) is 24.5 Å². The highest BCUT2D eigenvalue weighted by atomic mass is 19.4. The molecule has 1 N–H and O–H groups in total. The molecule has 1 fully saturated rings. The van der Waals surface area contributed by atoms with Gasteiger partial charge in [-0.2, -0.15) is 0 Å². The van der Waals surface area contributed by atoms with Gasteiger partial charge in [-0.05, 0) is 18.9 Å². The normalized spacial score (nSPS) is 24.2. The largest absolute Gasteiger partial charge is 0.522 e. The van der Waals surface area contributed by atoms with E-state index >= 15 is 0 Å². The number of piperazine rings is 1. The Morgan fingerprint density at radius 2 is 2.00 bits per heavy atom. The summed E-state index contributed by atoms with van der Waals surface area (Å²) >= 11 is 0. The molecule has 0 spiro atoms. The average molecular weight is 302 g/mol. The number of hydrogen-bond acceptors (Lipinski definition) is 3. The first-order valence-corrected chi connectivity index (χ1v) is 7.16. The first-order chi connectivity index (χ1) is 9.94. The van der Waals surface area contributed by atoms with Crippen LogP contribution in [-0.2, 0) is 11.2 Å². The number of alkyl halides is 3. The van der Waals surface area contributed by atoms with E-state index in [1.165, 1.54) is 5.56 Å². The van der Waals surface area contributed by atoms with Crippen molar-refractivity contribution in [1.29, 1.82) is 0 Å². The van der Waals surface area contributed by atoms with Crippen molar-refractivity contribution >= 4 is 0 Å². The molecule has 118 valence electrons. The van der Waals surface area contributed by atoms with Crippen molar-refractivity contribution in [2.75, 3.05) is 26.2 Å². The molecule has 0 saturated carbocycles. The van der Waals surface area contributed by atoms with E-state index in [1.54, 1.807) is 0 Å². The zero-order chi connectivity index (χ0) is 15.3. The molecule has 1 heterocycles. The summed E-state index contributed by atoms with van der Waals surface area (Å²) in [6, 6.07) is 10.6. The summed E-state index contributed by atoms with van der Waals surface area (Å²) in [5.41, 5.74) is 1.23. The highest BCUT2D eigenvalue weighted by molar-refractivity contribution is 5.16. The Kier molecular flexibility index (Phi) is 5.61. The summed E-state index contributed by atoms with van der Waals surface area (Å²) in [5, 5.41) is 3.45. The summed E-state index contributed by atoms with van der Waals surface area (Å²) in [6.07, 6.45) is -3.66. The highest BCUT2D eigenvalue weighted by Gasteiger charge is 2.30. The van der Waals surface area contributed by atoms with E-state index < -0.39 is 6.36 Å². The van der Waals surface area contributed by atoms with Gasteiger partial charge in [-0.15, -0.1) is 13.2 Å². The standard InChI is InChI=1S/C15H21F3N2O/c1-12-10-19-14(9-13-5-3-2-4-6-13)11-20(12)7-8-21-15(16,17)18/h2-6,12,14,19H,7-11H2,1H3. The van der Waals surface area contributed by atoms with Gasteiger partial charge in [0.1, 0.15) is 0 Å². The Balaban J connectivity index is 1.81. The number of nitrogens with zero attached hydrogens (tertiary/aromatic N) is 1. The van der Waals surface area contributed by atoms with E-state index in [2.05, 4.69) is 27.1 Å². The molecule has 0 bridgehead atoms. The fraction of sp³-hybridized carbons (Fsp3) is 0.600. The number of rotatable bonds is 5. The Hall–Kier alpha value is -1.11. The summed E-state index contributed by atoms with van der Waals surface area (Å²) < 4.78 is 39.9. The molecule has 6 heteroatoms. The van der Waals surface area contributed by atoms with Gasteiger partial charge < -0.3 is 5.32 Å². The maximum atomic E-state index is 12.0. The quantitative estimate of drug-likeness (QED) is 0.904. The minimum atomic E-state index is -4.54. The second-order valence-electron chi connectivity index (χ2n) is 5.43. The molecule has 0 amide bonds. The van der Waals surface area contributed by atoms with Crippen LogP contribution in [0, 0.1) is 0 Å². The summed E-state index contributed by atoms with van der Waals surface area (Å²) in [4.78, 5) is 2.05. The zero-order valence-electron chi connectivity index (χ0n) is 12.1. The van der Waals surface area contributed by atoms with Crippen molar-refractivity contribution in [2.45, 2.75) is 31.8 Å². The first-order valence-electron chi connectivity index (χ1n) is 7.16. The molecule has 1 aromatic rings. The Labute approximate surface area is 123 Å². The van der Waals surface area contributed by atoms with Crippen LogP contribution in [0.3, 0.4) is 0 Å². The third-order valence-electron chi connectivity index (χ3n) is 3.75. The fourth-order valence-corrected chi connectivity index (χ4v) is 2.62. The van der Waals surface area contributed by atoms with Crippen molar-refractivity contribution in [3.8, 4) is 0 Å². The summed E-state index contributed by atoms with van der Waals surface area (Å²) in [7, 11) is 0. The smallest absolute Gasteiger partial charge is 0.311 e. The van der Waals surface area contributed by atoms with Crippen molar-refractivity contribution < 1.29 is 17.9 Å².